The largest absolute Gasteiger partial charge is 0.467 e. The summed E-state index contributed by atoms with van der Waals surface area (Å²) in [7, 11) is 1.24. The number of methoxy groups -OCH3 is 1. The van der Waals surface area contributed by atoms with Crippen molar-refractivity contribution in [2.75, 3.05) is 7.11 Å². The van der Waals surface area contributed by atoms with Crippen molar-refractivity contribution < 1.29 is 43.3 Å². The molecule has 0 aliphatic heterocycles. The van der Waals surface area contributed by atoms with Crippen LogP contribution in [0, 0.1) is 17.8 Å². The number of ether oxygens (including phenoxy) is 2. The van der Waals surface area contributed by atoms with Crippen molar-refractivity contribution in [2.24, 2.45) is 17.8 Å². The number of carbonyl (C=O) groups excluding carboxylic acids is 6. The summed E-state index contributed by atoms with van der Waals surface area (Å²) in [6.45, 7) is 12.0. The Balaban J connectivity index is 2.13. The van der Waals surface area contributed by atoms with Gasteiger partial charge in [-0.05, 0) is 56.1 Å². The third-order valence-electron chi connectivity index (χ3n) is 8.98. The topological polar surface area (TPSA) is 201 Å². The predicted octanol–water partition coefficient (Wildman–Crippen LogP) is 3.16. The summed E-state index contributed by atoms with van der Waals surface area (Å²) in [5.74, 6) is -4.08. The van der Waals surface area contributed by atoms with Crippen LogP contribution in [0.1, 0.15) is 78.9 Å². The third-order valence-corrected chi connectivity index (χ3v) is 8.98. The predicted molar refractivity (Wildman–Crippen MR) is 203 cm³/mol. The molecule has 14 nitrogen and oxygen atoms in total. The number of rotatable bonds is 21. The first-order chi connectivity index (χ1) is 25.6. The Bertz CT molecular complexity index is 1510. The van der Waals surface area contributed by atoms with Crippen molar-refractivity contribution in [3.63, 3.8) is 0 Å². The van der Waals surface area contributed by atoms with Gasteiger partial charge in [-0.2, -0.15) is 0 Å². The Morgan fingerprint density at radius 1 is 0.648 bits per heavy atom. The molecule has 2 aromatic carbocycles. The van der Waals surface area contributed by atoms with Gasteiger partial charge in [-0.3, -0.25) is 19.2 Å². The molecule has 54 heavy (non-hydrogen) atoms. The normalized spacial score (nSPS) is 15.0. The second kappa shape index (κ2) is 22.9. The molecule has 298 valence electrons. The van der Waals surface area contributed by atoms with Crippen LogP contribution in [0.25, 0.3) is 0 Å². The van der Waals surface area contributed by atoms with Gasteiger partial charge < -0.3 is 41.2 Å². The minimum Gasteiger partial charge on any atom is -0.467 e. The zero-order valence-corrected chi connectivity index (χ0v) is 32.7. The number of hydrogen-bond acceptors (Lipinski definition) is 9. The van der Waals surface area contributed by atoms with E-state index in [1.807, 2.05) is 55.5 Å². The lowest BCUT2D eigenvalue weighted by Gasteiger charge is -2.30. The first-order valence-electron chi connectivity index (χ1n) is 18.6. The van der Waals surface area contributed by atoms with E-state index in [0.717, 1.165) is 11.1 Å². The fourth-order valence-corrected chi connectivity index (χ4v) is 5.70. The molecule has 0 aliphatic carbocycles. The van der Waals surface area contributed by atoms with E-state index >= 15 is 0 Å². The number of aliphatic hydroxyl groups is 1. The summed E-state index contributed by atoms with van der Waals surface area (Å²) in [6, 6.07) is 13.5. The van der Waals surface area contributed by atoms with E-state index in [0.29, 0.717) is 12.8 Å². The first-order valence-corrected chi connectivity index (χ1v) is 18.6. The summed E-state index contributed by atoms with van der Waals surface area (Å²) >= 11 is 0. The average Bonchev–Trinajstić information content (AvgIpc) is 3.14. The second-order valence-electron chi connectivity index (χ2n) is 14.2. The van der Waals surface area contributed by atoms with Crippen molar-refractivity contribution in [1.29, 1.82) is 0 Å². The zero-order valence-electron chi connectivity index (χ0n) is 32.7. The van der Waals surface area contributed by atoms with E-state index in [1.54, 1.807) is 39.8 Å². The molecular formula is C40H59N5O9. The Morgan fingerprint density at radius 3 is 1.70 bits per heavy atom. The van der Waals surface area contributed by atoms with Gasteiger partial charge in [-0.1, -0.05) is 102 Å². The molecule has 4 unspecified atom stereocenters. The van der Waals surface area contributed by atoms with Crippen LogP contribution < -0.4 is 26.6 Å². The molecule has 0 aromatic heterocycles. The minimum atomic E-state index is -1.20. The molecule has 2 rings (SSSR count). The second-order valence-corrected chi connectivity index (χ2v) is 14.2. The number of nitrogens with one attached hydrogen (secondary N) is 5. The molecule has 0 spiro atoms. The Hall–Kier alpha value is -4.98. The molecular weight excluding hydrogens is 694 g/mol. The van der Waals surface area contributed by atoms with Gasteiger partial charge in [-0.15, -0.1) is 0 Å². The summed E-state index contributed by atoms with van der Waals surface area (Å²) < 4.78 is 10.0. The van der Waals surface area contributed by atoms with E-state index in [-0.39, 0.29) is 31.3 Å². The smallest absolute Gasteiger partial charge is 0.408 e. The fraction of sp³-hybridized carbons (Fsp3) is 0.550. The van der Waals surface area contributed by atoms with Crippen LogP contribution in [0.4, 0.5) is 4.79 Å². The molecule has 0 heterocycles. The molecule has 14 heteroatoms. The number of aliphatic hydroxyl groups excluding tert-OH is 1. The van der Waals surface area contributed by atoms with Crippen LogP contribution in [0.3, 0.4) is 0 Å². The lowest BCUT2D eigenvalue weighted by Crippen LogP contribution is -2.56. The molecule has 0 bridgehead atoms. The number of carbonyl (C=O) groups is 6. The molecule has 5 amide bonds. The summed E-state index contributed by atoms with van der Waals surface area (Å²) in [4.78, 5) is 77.9. The maximum Gasteiger partial charge on any atom is 0.408 e. The van der Waals surface area contributed by atoms with E-state index in [2.05, 4.69) is 26.6 Å². The SMILES string of the molecule is CCCC(CC(O)C(Cc1ccccc1)NC(=O)[C@H](C)NC(=O)[C@H](C)NC(=O)OCc1ccccc1)C(=O)NC(C(=O)N[C@H](C(=O)OC)C(C)C)C(C)C. The monoisotopic (exact) mass is 753 g/mol. The number of hydrogen-bond donors (Lipinski definition) is 6. The Kier molecular flexibility index (Phi) is 19.2. The minimum absolute atomic E-state index is 0.0229. The van der Waals surface area contributed by atoms with Gasteiger partial charge in [0, 0.05) is 5.92 Å². The van der Waals surface area contributed by atoms with Gasteiger partial charge in [0.15, 0.2) is 0 Å². The standard InChI is InChI=1S/C40H59N5O9/c1-9-16-30(37(49)44-33(24(2)3)38(50)45-34(25(4)5)39(51)53-8)22-32(46)31(21-28-17-12-10-13-18-28)43-36(48)26(6)41-35(47)27(7)42-40(52)54-23-29-19-14-11-15-20-29/h10-15,17-20,24-27,30-34,46H,9,16,21-23H2,1-8H3,(H,41,47)(H,42,52)(H,43,48)(H,44,49)(H,45,50)/t26-,27-,30?,31?,32?,33?,34-/m0/s1. The van der Waals surface area contributed by atoms with Crippen LogP contribution in [0.15, 0.2) is 60.7 Å². The number of amides is 5. The Labute approximate surface area is 318 Å². The van der Waals surface area contributed by atoms with E-state index in [9.17, 15) is 33.9 Å². The van der Waals surface area contributed by atoms with E-state index < -0.39 is 77.9 Å². The van der Waals surface area contributed by atoms with Crippen LogP contribution in [0.2, 0.25) is 0 Å². The highest BCUT2D eigenvalue weighted by Gasteiger charge is 2.34. The maximum atomic E-state index is 13.7. The lowest BCUT2D eigenvalue weighted by atomic mass is 9.89. The number of esters is 1. The number of benzene rings is 2. The molecule has 2 aromatic rings. The summed E-state index contributed by atoms with van der Waals surface area (Å²) in [5.41, 5.74) is 1.60. The quantitative estimate of drug-likeness (QED) is 0.104. The highest BCUT2D eigenvalue weighted by molar-refractivity contribution is 5.92. The van der Waals surface area contributed by atoms with Crippen LogP contribution in [-0.2, 0) is 46.5 Å². The highest BCUT2D eigenvalue weighted by Crippen LogP contribution is 2.20. The van der Waals surface area contributed by atoms with E-state index in [1.165, 1.54) is 21.0 Å². The van der Waals surface area contributed by atoms with Crippen molar-refractivity contribution >= 4 is 35.7 Å². The molecule has 0 radical (unpaired) electrons. The molecule has 6 N–H and O–H groups in total. The van der Waals surface area contributed by atoms with Crippen LogP contribution in [0.5, 0.6) is 0 Å². The molecule has 0 saturated heterocycles. The zero-order chi connectivity index (χ0) is 40.4. The van der Waals surface area contributed by atoms with Gasteiger partial charge in [0.05, 0.1) is 19.3 Å². The van der Waals surface area contributed by atoms with Crippen molar-refractivity contribution in [1.82, 2.24) is 26.6 Å². The van der Waals surface area contributed by atoms with E-state index in [4.69, 9.17) is 9.47 Å². The highest BCUT2D eigenvalue weighted by atomic mass is 16.5. The molecule has 0 fully saturated rings. The summed E-state index contributed by atoms with van der Waals surface area (Å²) in [5, 5.41) is 25.0. The van der Waals surface area contributed by atoms with Crippen molar-refractivity contribution in [2.45, 2.75) is 117 Å². The van der Waals surface area contributed by atoms with Crippen LogP contribution in [-0.4, -0.2) is 84.2 Å². The Morgan fingerprint density at radius 2 is 1.17 bits per heavy atom. The van der Waals surface area contributed by atoms with Gasteiger partial charge in [0.25, 0.3) is 0 Å². The van der Waals surface area contributed by atoms with Gasteiger partial charge in [0.2, 0.25) is 23.6 Å². The molecule has 7 atom stereocenters. The third kappa shape index (κ3) is 15.2. The fourth-order valence-electron chi connectivity index (χ4n) is 5.70. The van der Waals surface area contributed by atoms with Crippen molar-refractivity contribution in [3.8, 4) is 0 Å². The molecule has 0 saturated carbocycles. The van der Waals surface area contributed by atoms with Gasteiger partial charge in [0.1, 0.15) is 30.8 Å². The van der Waals surface area contributed by atoms with Crippen molar-refractivity contribution in [3.05, 3.63) is 71.8 Å². The maximum absolute atomic E-state index is 13.7. The molecule has 0 aliphatic rings. The summed E-state index contributed by atoms with van der Waals surface area (Å²) in [6.07, 6.45) is -0.809. The van der Waals surface area contributed by atoms with Gasteiger partial charge >= 0.3 is 12.1 Å². The van der Waals surface area contributed by atoms with Gasteiger partial charge in [-0.25, -0.2) is 9.59 Å². The lowest BCUT2D eigenvalue weighted by molar-refractivity contribution is -0.147. The average molecular weight is 754 g/mol. The first kappa shape index (κ1) is 45.2. The number of alkyl carbamates (subject to hydrolysis) is 1. The van der Waals surface area contributed by atoms with Crippen LogP contribution >= 0.6 is 0 Å².